The number of aromatic hydroxyl groups is 1. The summed E-state index contributed by atoms with van der Waals surface area (Å²) in [5, 5.41) is 18.8. The van der Waals surface area contributed by atoms with Crippen LogP contribution in [0, 0.1) is 5.92 Å². The first-order chi connectivity index (χ1) is 7.43. The number of carboxylic acids is 1. The zero-order chi connectivity index (χ0) is 12.3. The number of hydrogen-bond donors (Lipinski definition) is 2. The zero-order valence-corrected chi connectivity index (χ0v) is 9.90. The molecule has 0 amide bonds. The summed E-state index contributed by atoms with van der Waals surface area (Å²) in [4.78, 5) is 10.8. The Balaban J connectivity index is 2.97. The lowest BCUT2D eigenvalue weighted by atomic mass is 9.94. The predicted octanol–water partition coefficient (Wildman–Crippen LogP) is 2.78. The highest BCUT2D eigenvalue weighted by molar-refractivity contribution is 5.70. The van der Waals surface area contributed by atoms with Crippen molar-refractivity contribution < 1.29 is 15.0 Å². The van der Waals surface area contributed by atoms with Crippen LogP contribution in [0.3, 0.4) is 0 Å². The fourth-order valence-corrected chi connectivity index (χ4v) is 1.66. The molecule has 0 saturated heterocycles. The average molecular weight is 222 g/mol. The largest absolute Gasteiger partial charge is 0.507 e. The van der Waals surface area contributed by atoms with Gasteiger partial charge in [-0.05, 0) is 23.5 Å². The number of benzene rings is 1. The highest BCUT2D eigenvalue weighted by atomic mass is 16.4. The van der Waals surface area contributed by atoms with Gasteiger partial charge in [-0.1, -0.05) is 39.0 Å². The van der Waals surface area contributed by atoms with Gasteiger partial charge in [0.25, 0.3) is 0 Å². The van der Waals surface area contributed by atoms with Gasteiger partial charge in [0.1, 0.15) is 5.75 Å². The molecule has 1 rings (SSSR count). The van der Waals surface area contributed by atoms with Crippen molar-refractivity contribution in [1.82, 2.24) is 0 Å². The number of para-hydroxylation sites is 1. The van der Waals surface area contributed by atoms with E-state index in [4.69, 9.17) is 5.11 Å². The number of rotatable bonds is 4. The first-order valence-electron chi connectivity index (χ1n) is 5.47. The molecule has 1 aromatic rings. The number of aliphatic carboxylic acids is 1. The number of carbonyl (C=O) groups is 1. The number of phenolic OH excluding ortho intramolecular Hbond substituents is 1. The van der Waals surface area contributed by atoms with Crippen molar-refractivity contribution in [3.8, 4) is 5.75 Å². The second-order valence-electron chi connectivity index (χ2n) is 4.45. The van der Waals surface area contributed by atoms with Crippen LogP contribution in [-0.2, 0) is 11.2 Å². The van der Waals surface area contributed by atoms with Crippen molar-refractivity contribution in [3.63, 3.8) is 0 Å². The Morgan fingerprint density at radius 3 is 2.44 bits per heavy atom. The molecule has 0 spiro atoms. The fourth-order valence-electron chi connectivity index (χ4n) is 1.66. The predicted molar refractivity (Wildman–Crippen MR) is 62.7 cm³/mol. The minimum absolute atomic E-state index is 0.236. The molecule has 3 heteroatoms. The Morgan fingerprint density at radius 2 is 1.94 bits per heavy atom. The van der Waals surface area contributed by atoms with Gasteiger partial charge in [0.15, 0.2) is 0 Å². The van der Waals surface area contributed by atoms with Gasteiger partial charge in [0.2, 0.25) is 0 Å². The molecule has 0 aliphatic rings. The summed E-state index contributed by atoms with van der Waals surface area (Å²) in [6.45, 7) is 5.64. The topological polar surface area (TPSA) is 57.5 Å². The third-order valence-electron chi connectivity index (χ3n) is 2.72. The van der Waals surface area contributed by atoms with Gasteiger partial charge in [-0.15, -0.1) is 0 Å². The Labute approximate surface area is 95.7 Å². The Bertz CT molecular complexity index is 383. The van der Waals surface area contributed by atoms with E-state index in [1.807, 2.05) is 26.0 Å². The van der Waals surface area contributed by atoms with Crippen LogP contribution >= 0.6 is 0 Å². The Kier molecular flexibility index (Phi) is 3.93. The standard InChI is InChI=1S/C13H18O3/c1-8(2)11-6-4-5-10(12(11)14)7-9(3)13(15)16/h4-6,8-9,14H,7H2,1-3H3,(H,15,16). The molecular formula is C13H18O3. The molecule has 16 heavy (non-hydrogen) atoms. The van der Waals surface area contributed by atoms with E-state index in [-0.39, 0.29) is 11.7 Å². The first-order valence-corrected chi connectivity index (χ1v) is 5.47. The Morgan fingerprint density at radius 1 is 1.31 bits per heavy atom. The molecule has 1 unspecified atom stereocenters. The van der Waals surface area contributed by atoms with Gasteiger partial charge < -0.3 is 10.2 Å². The zero-order valence-electron chi connectivity index (χ0n) is 9.90. The van der Waals surface area contributed by atoms with Gasteiger partial charge in [-0.2, -0.15) is 0 Å². The van der Waals surface area contributed by atoms with E-state index in [0.29, 0.717) is 12.0 Å². The lowest BCUT2D eigenvalue weighted by molar-refractivity contribution is -0.141. The third kappa shape index (κ3) is 2.75. The molecule has 0 aromatic heterocycles. The smallest absolute Gasteiger partial charge is 0.306 e. The van der Waals surface area contributed by atoms with Crippen molar-refractivity contribution in [2.24, 2.45) is 5.92 Å². The van der Waals surface area contributed by atoms with Gasteiger partial charge >= 0.3 is 5.97 Å². The van der Waals surface area contributed by atoms with Gasteiger partial charge in [-0.3, -0.25) is 4.79 Å². The highest BCUT2D eigenvalue weighted by Gasteiger charge is 2.16. The summed E-state index contributed by atoms with van der Waals surface area (Å²) in [5.41, 5.74) is 1.58. The molecule has 2 N–H and O–H groups in total. The Hall–Kier alpha value is -1.51. The minimum Gasteiger partial charge on any atom is -0.507 e. The second-order valence-corrected chi connectivity index (χ2v) is 4.45. The van der Waals surface area contributed by atoms with Crippen LogP contribution in [-0.4, -0.2) is 16.2 Å². The lowest BCUT2D eigenvalue weighted by Crippen LogP contribution is -2.12. The third-order valence-corrected chi connectivity index (χ3v) is 2.72. The number of carboxylic acid groups (broad SMARTS) is 1. The maximum absolute atomic E-state index is 10.8. The summed E-state index contributed by atoms with van der Waals surface area (Å²) in [6, 6.07) is 5.51. The van der Waals surface area contributed by atoms with Crippen LogP contribution in [0.4, 0.5) is 0 Å². The van der Waals surface area contributed by atoms with Crippen molar-refractivity contribution in [3.05, 3.63) is 29.3 Å². The fraction of sp³-hybridized carbons (Fsp3) is 0.462. The van der Waals surface area contributed by atoms with Crippen LogP contribution in [0.25, 0.3) is 0 Å². The molecule has 0 saturated carbocycles. The van der Waals surface area contributed by atoms with E-state index in [0.717, 1.165) is 5.56 Å². The van der Waals surface area contributed by atoms with E-state index in [1.165, 1.54) is 0 Å². The molecule has 0 radical (unpaired) electrons. The van der Waals surface area contributed by atoms with Crippen molar-refractivity contribution in [2.45, 2.75) is 33.1 Å². The van der Waals surface area contributed by atoms with Crippen molar-refractivity contribution in [1.29, 1.82) is 0 Å². The van der Waals surface area contributed by atoms with Crippen LogP contribution in [0.15, 0.2) is 18.2 Å². The van der Waals surface area contributed by atoms with Crippen molar-refractivity contribution in [2.75, 3.05) is 0 Å². The molecule has 88 valence electrons. The quantitative estimate of drug-likeness (QED) is 0.823. The van der Waals surface area contributed by atoms with Crippen LogP contribution < -0.4 is 0 Å². The maximum Gasteiger partial charge on any atom is 0.306 e. The summed E-state index contributed by atoms with van der Waals surface area (Å²) in [7, 11) is 0. The van der Waals surface area contributed by atoms with E-state index >= 15 is 0 Å². The summed E-state index contributed by atoms with van der Waals surface area (Å²) >= 11 is 0. The van der Waals surface area contributed by atoms with Crippen molar-refractivity contribution >= 4 is 5.97 Å². The van der Waals surface area contributed by atoms with E-state index < -0.39 is 11.9 Å². The number of phenols is 1. The molecule has 0 fully saturated rings. The maximum atomic E-state index is 10.8. The minimum atomic E-state index is -0.839. The van der Waals surface area contributed by atoms with Crippen LogP contribution in [0.1, 0.15) is 37.8 Å². The van der Waals surface area contributed by atoms with Gasteiger partial charge in [0, 0.05) is 0 Å². The van der Waals surface area contributed by atoms with Gasteiger partial charge in [-0.25, -0.2) is 0 Å². The SMILES string of the molecule is CC(Cc1cccc(C(C)C)c1O)C(=O)O. The van der Waals surface area contributed by atoms with Crippen LogP contribution in [0.5, 0.6) is 5.75 Å². The lowest BCUT2D eigenvalue weighted by Gasteiger charge is -2.13. The molecule has 1 atom stereocenters. The monoisotopic (exact) mass is 222 g/mol. The second kappa shape index (κ2) is 5.01. The molecule has 3 nitrogen and oxygen atoms in total. The molecule has 0 bridgehead atoms. The van der Waals surface area contributed by atoms with Crippen LogP contribution in [0.2, 0.25) is 0 Å². The molecule has 1 aromatic carbocycles. The molecule has 0 heterocycles. The first kappa shape index (κ1) is 12.6. The average Bonchev–Trinajstić information content (AvgIpc) is 2.20. The van der Waals surface area contributed by atoms with E-state index in [1.54, 1.807) is 13.0 Å². The molecule has 0 aliphatic carbocycles. The molecule has 0 aliphatic heterocycles. The molecular weight excluding hydrogens is 204 g/mol. The van der Waals surface area contributed by atoms with E-state index in [9.17, 15) is 9.90 Å². The normalized spacial score (nSPS) is 12.8. The highest BCUT2D eigenvalue weighted by Crippen LogP contribution is 2.30. The van der Waals surface area contributed by atoms with Gasteiger partial charge in [0.05, 0.1) is 5.92 Å². The summed E-state index contributed by atoms with van der Waals surface area (Å²) in [6.07, 6.45) is 0.363. The summed E-state index contributed by atoms with van der Waals surface area (Å²) in [5.74, 6) is -0.839. The van der Waals surface area contributed by atoms with E-state index in [2.05, 4.69) is 0 Å². The summed E-state index contributed by atoms with van der Waals surface area (Å²) < 4.78 is 0. The number of hydrogen-bond acceptors (Lipinski definition) is 2.